The molecule has 0 atom stereocenters. The number of nitrogens with zero attached hydrogens (tertiary/aromatic N) is 1. The maximum atomic E-state index is 13.0. The Labute approximate surface area is 127 Å². The Morgan fingerprint density at radius 3 is 2.57 bits per heavy atom. The number of thiophene rings is 1. The first-order chi connectivity index (χ1) is 10.1. The number of carbonyl (C=O) groups is 1. The molecule has 0 saturated carbocycles. The average molecular weight is 304 g/mol. The Kier molecular flexibility index (Phi) is 4.03. The molecule has 1 amide bonds. The molecule has 1 aromatic heterocycles. The average Bonchev–Trinajstić information content (AvgIpc) is 2.90. The van der Waals surface area contributed by atoms with Gasteiger partial charge in [-0.05, 0) is 36.2 Å². The lowest BCUT2D eigenvalue weighted by Gasteiger charge is -2.26. The molecule has 0 radical (unpaired) electrons. The van der Waals surface area contributed by atoms with Gasteiger partial charge in [-0.25, -0.2) is 4.39 Å². The smallest absolute Gasteiger partial charge is 0.264 e. The Morgan fingerprint density at radius 1 is 1.24 bits per heavy atom. The number of carbonyl (C=O) groups excluding carboxylic acids is 1. The van der Waals surface area contributed by atoms with Crippen molar-refractivity contribution in [3.8, 4) is 10.4 Å². The number of piperazine rings is 1. The first kappa shape index (κ1) is 14.2. The summed E-state index contributed by atoms with van der Waals surface area (Å²) in [5.74, 6) is -0.150. The Hall–Kier alpha value is -1.72. The summed E-state index contributed by atoms with van der Waals surface area (Å²) >= 11 is 1.49. The number of aryl methyl sites for hydroxylation is 1. The molecule has 0 spiro atoms. The topological polar surface area (TPSA) is 32.3 Å². The molecule has 1 N–H and O–H groups in total. The normalized spacial score (nSPS) is 15.2. The van der Waals surface area contributed by atoms with E-state index < -0.39 is 0 Å². The van der Waals surface area contributed by atoms with Crippen LogP contribution in [0.3, 0.4) is 0 Å². The summed E-state index contributed by atoms with van der Waals surface area (Å²) in [7, 11) is 0. The van der Waals surface area contributed by atoms with Crippen molar-refractivity contribution in [3.05, 3.63) is 46.6 Å². The van der Waals surface area contributed by atoms with Gasteiger partial charge < -0.3 is 10.2 Å². The molecule has 110 valence electrons. The maximum absolute atomic E-state index is 13.0. The monoisotopic (exact) mass is 304 g/mol. The molecular formula is C16H17FN2OS. The summed E-state index contributed by atoms with van der Waals surface area (Å²) in [5.41, 5.74) is 2.02. The van der Waals surface area contributed by atoms with Crippen molar-refractivity contribution in [2.45, 2.75) is 6.92 Å². The van der Waals surface area contributed by atoms with Crippen molar-refractivity contribution in [2.24, 2.45) is 0 Å². The van der Waals surface area contributed by atoms with Crippen LogP contribution in [0.15, 0.2) is 30.3 Å². The zero-order chi connectivity index (χ0) is 14.8. The molecule has 21 heavy (non-hydrogen) atoms. The Balaban J connectivity index is 1.86. The van der Waals surface area contributed by atoms with E-state index in [9.17, 15) is 9.18 Å². The highest BCUT2D eigenvalue weighted by atomic mass is 32.1. The molecule has 0 unspecified atom stereocenters. The van der Waals surface area contributed by atoms with Gasteiger partial charge in [0.15, 0.2) is 0 Å². The maximum Gasteiger partial charge on any atom is 0.264 e. The summed E-state index contributed by atoms with van der Waals surface area (Å²) in [6.45, 7) is 5.19. The fourth-order valence-corrected chi connectivity index (χ4v) is 3.64. The molecule has 2 heterocycles. The van der Waals surface area contributed by atoms with Gasteiger partial charge in [-0.15, -0.1) is 11.3 Å². The summed E-state index contributed by atoms with van der Waals surface area (Å²) in [6, 6.07) is 8.35. The predicted molar refractivity (Wildman–Crippen MR) is 83.2 cm³/mol. The molecule has 1 aromatic carbocycles. The zero-order valence-corrected chi connectivity index (χ0v) is 12.7. The van der Waals surface area contributed by atoms with E-state index in [0.717, 1.165) is 47.1 Å². The summed E-state index contributed by atoms with van der Waals surface area (Å²) in [4.78, 5) is 16.2. The van der Waals surface area contributed by atoms with Crippen LogP contribution in [0.25, 0.3) is 10.4 Å². The fourth-order valence-electron chi connectivity index (χ4n) is 2.50. The number of hydrogen-bond acceptors (Lipinski definition) is 3. The highest BCUT2D eigenvalue weighted by Crippen LogP contribution is 2.33. The van der Waals surface area contributed by atoms with E-state index in [-0.39, 0.29) is 11.7 Å². The summed E-state index contributed by atoms with van der Waals surface area (Å²) in [5, 5.41) is 3.24. The molecule has 1 fully saturated rings. The predicted octanol–water partition coefficient (Wildman–Crippen LogP) is 2.91. The molecule has 5 heteroatoms. The van der Waals surface area contributed by atoms with Crippen LogP contribution in [0, 0.1) is 12.7 Å². The largest absolute Gasteiger partial charge is 0.335 e. The van der Waals surface area contributed by atoms with Crippen molar-refractivity contribution < 1.29 is 9.18 Å². The van der Waals surface area contributed by atoms with Crippen molar-refractivity contribution in [1.29, 1.82) is 0 Å². The number of hydrogen-bond donors (Lipinski definition) is 1. The van der Waals surface area contributed by atoms with E-state index in [2.05, 4.69) is 5.32 Å². The lowest BCUT2D eigenvalue weighted by molar-refractivity contribution is 0.0740. The van der Waals surface area contributed by atoms with E-state index in [1.165, 1.54) is 23.5 Å². The number of halogens is 1. The van der Waals surface area contributed by atoms with Crippen molar-refractivity contribution in [1.82, 2.24) is 10.2 Å². The quantitative estimate of drug-likeness (QED) is 0.925. The van der Waals surface area contributed by atoms with Crippen molar-refractivity contribution in [2.75, 3.05) is 26.2 Å². The molecule has 3 nitrogen and oxygen atoms in total. The van der Waals surface area contributed by atoms with Crippen LogP contribution in [0.2, 0.25) is 0 Å². The minimum atomic E-state index is -0.245. The lowest BCUT2D eigenvalue weighted by atomic mass is 10.1. The van der Waals surface area contributed by atoms with E-state index in [1.807, 2.05) is 17.9 Å². The van der Waals surface area contributed by atoms with Crippen LogP contribution in [0.5, 0.6) is 0 Å². The highest BCUT2D eigenvalue weighted by Gasteiger charge is 2.21. The van der Waals surface area contributed by atoms with Crippen LogP contribution in [0.1, 0.15) is 15.2 Å². The molecule has 1 aliphatic heterocycles. The third-order valence-corrected chi connectivity index (χ3v) is 4.91. The van der Waals surface area contributed by atoms with E-state index in [4.69, 9.17) is 0 Å². The first-order valence-electron chi connectivity index (χ1n) is 7.01. The van der Waals surface area contributed by atoms with Gasteiger partial charge in [0.1, 0.15) is 5.82 Å². The second-order valence-corrected chi connectivity index (χ2v) is 6.22. The molecule has 2 aromatic rings. The van der Waals surface area contributed by atoms with Gasteiger partial charge >= 0.3 is 0 Å². The summed E-state index contributed by atoms with van der Waals surface area (Å²) in [6.07, 6.45) is 0. The highest BCUT2D eigenvalue weighted by molar-refractivity contribution is 7.17. The molecule has 1 aliphatic rings. The lowest BCUT2D eigenvalue weighted by Crippen LogP contribution is -2.46. The molecule has 0 aliphatic carbocycles. The van der Waals surface area contributed by atoms with E-state index >= 15 is 0 Å². The minimum absolute atomic E-state index is 0.0953. The van der Waals surface area contributed by atoms with Gasteiger partial charge in [-0.1, -0.05) is 12.1 Å². The molecule has 0 bridgehead atoms. The van der Waals surface area contributed by atoms with Crippen molar-refractivity contribution in [3.63, 3.8) is 0 Å². The zero-order valence-electron chi connectivity index (χ0n) is 11.9. The summed E-state index contributed by atoms with van der Waals surface area (Å²) < 4.78 is 13.0. The van der Waals surface area contributed by atoms with Gasteiger partial charge in [0.25, 0.3) is 5.91 Å². The van der Waals surface area contributed by atoms with Crippen LogP contribution < -0.4 is 5.32 Å². The van der Waals surface area contributed by atoms with Gasteiger partial charge in [0, 0.05) is 31.1 Å². The molecule has 1 saturated heterocycles. The number of amides is 1. The van der Waals surface area contributed by atoms with Crippen molar-refractivity contribution >= 4 is 17.2 Å². The first-order valence-corrected chi connectivity index (χ1v) is 7.83. The second kappa shape index (κ2) is 5.95. The van der Waals surface area contributed by atoms with Crippen LogP contribution in [0.4, 0.5) is 4.39 Å². The fraction of sp³-hybridized carbons (Fsp3) is 0.312. The van der Waals surface area contributed by atoms with Gasteiger partial charge in [0.2, 0.25) is 0 Å². The van der Waals surface area contributed by atoms with Crippen LogP contribution >= 0.6 is 11.3 Å². The number of nitrogens with one attached hydrogen (secondary N) is 1. The molecule has 3 rings (SSSR count). The SMILES string of the molecule is Cc1cc(C(=O)N2CCNCC2)sc1-c1ccc(F)cc1. The standard InChI is InChI=1S/C16H17FN2OS/c1-11-10-14(16(20)19-8-6-18-7-9-19)21-15(11)12-2-4-13(17)5-3-12/h2-5,10,18H,6-9H2,1H3. The van der Waals surface area contributed by atoms with Crippen LogP contribution in [-0.2, 0) is 0 Å². The van der Waals surface area contributed by atoms with E-state index in [1.54, 1.807) is 12.1 Å². The Morgan fingerprint density at radius 2 is 1.90 bits per heavy atom. The second-order valence-electron chi connectivity index (χ2n) is 5.17. The van der Waals surface area contributed by atoms with Crippen LogP contribution in [-0.4, -0.2) is 37.0 Å². The third-order valence-electron chi connectivity index (χ3n) is 3.64. The van der Waals surface area contributed by atoms with Gasteiger partial charge in [0.05, 0.1) is 4.88 Å². The van der Waals surface area contributed by atoms with E-state index in [0.29, 0.717) is 0 Å². The third kappa shape index (κ3) is 2.99. The van der Waals surface area contributed by atoms with Gasteiger partial charge in [-0.3, -0.25) is 4.79 Å². The van der Waals surface area contributed by atoms with Gasteiger partial charge in [-0.2, -0.15) is 0 Å². The molecular weight excluding hydrogens is 287 g/mol. The Bertz CT molecular complexity index is 645. The number of benzene rings is 1. The minimum Gasteiger partial charge on any atom is -0.335 e. The number of rotatable bonds is 2.